The van der Waals surface area contributed by atoms with E-state index in [1.165, 1.54) is 0 Å². The molecule has 1 atom stereocenters. The van der Waals surface area contributed by atoms with E-state index >= 15 is 0 Å². The summed E-state index contributed by atoms with van der Waals surface area (Å²) in [5.74, 6) is 0. The normalized spacial score (nSPS) is 13.1. The van der Waals surface area contributed by atoms with Gasteiger partial charge in [0, 0.05) is 22.0 Å². The van der Waals surface area contributed by atoms with E-state index < -0.39 is 6.10 Å². The van der Waals surface area contributed by atoms with Crippen LogP contribution in [0.5, 0.6) is 0 Å². The van der Waals surface area contributed by atoms with Crippen LogP contribution in [0, 0.1) is 0 Å². The quantitative estimate of drug-likeness (QED) is 0.735. The molecule has 4 heteroatoms. The van der Waals surface area contributed by atoms with Crippen LogP contribution >= 0.6 is 27.3 Å². The SMILES string of the molecule is OC(c1ccc(Br)s1)c1cccc2[nH]ccc12. The summed E-state index contributed by atoms with van der Waals surface area (Å²) in [7, 11) is 0. The molecule has 0 fully saturated rings. The highest BCUT2D eigenvalue weighted by Crippen LogP contribution is 2.33. The summed E-state index contributed by atoms with van der Waals surface area (Å²) in [4.78, 5) is 4.10. The molecule has 86 valence electrons. The first kappa shape index (κ1) is 11.0. The average molecular weight is 308 g/mol. The van der Waals surface area contributed by atoms with Gasteiger partial charge in [0.2, 0.25) is 0 Å². The lowest BCUT2D eigenvalue weighted by molar-refractivity contribution is 0.226. The van der Waals surface area contributed by atoms with Gasteiger partial charge in [0.1, 0.15) is 6.10 Å². The molecule has 0 spiro atoms. The third-order valence-corrected chi connectivity index (χ3v) is 4.46. The Balaban J connectivity index is 2.12. The van der Waals surface area contributed by atoms with Gasteiger partial charge in [-0.2, -0.15) is 0 Å². The fourth-order valence-corrected chi connectivity index (χ4v) is 3.41. The van der Waals surface area contributed by atoms with Crippen LogP contribution in [-0.4, -0.2) is 10.1 Å². The molecule has 0 radical (unpaired) electrons. The van der Waals surface area contributed by atoms with Crippen LogP contribution in [0.4, 0.5) is 0 Å². The van der Waals surface area contributed by atoms with Gasteiger partial charge < -0.3 is 10.1 Å². The number of rotatable bonds is 2. The largest absolute Gasteiger partial charge is 0.383 e. The lowest BCUT2D eigenvalue weighted by Crippen LogP contribution is -1.97. The second-order valence-electron chi connectivity index (χ2n) is 3.83. The predicted molar refractivity (Wildman–Crippen MR) is 74.4 cm³/mol. The van der Waals surface area contributed by atoms with Crippen molar-refractivity contribution in [3.63, 3.8) is 0 Å². The van der Waals surface area contributed by atoms with E-state index in [2.05, 4.69) is 20.9 Å². The lowest BCUT2D eigenvalue weighted by Gasteiger charge is -2.10. The molecule has 0 aliphatic rings. The van der Waals surface area contributed by atoms with Crippen molar-refractivity contribution in [2.75, 3.05) is 0 Å². The molecule has 3 aromatic rings. The number of hydrogen-bond acceptors (Lipinski definition) is 2. The maximum absolute atomic E-state index is 10.4. The fraction of sp³-hybridized carbons (Fsp3) is 0.0769. The lowest BCUT2D eigenvalue weighted by atomic mass is 10.0. The number of hydrogen-bond donors (Lipinski definition) is 2. The van der Waals surface area contributed by atoms with Crippen LogP contribution < -0.4 is 0 Å². The summed E-state index contributed by atoms with van der Waals surface area (Å²) < 4.78 is 1.03. The van der Waals surface area contributed by atoms with Crippen molar-refractivity contribution in [3.8, 4) is 0 Å². The number of benzene rings is 1. The van der Waals surface area contributed by atoms with E-state index in [9.17, 15) is 5.11 Å². The van der Waals surface area contributed by atoms with Crippen molar-refractivity contribution in [3.05, 3.63) is 56.8 Å². The van der Waals surface area contributed by atoms with E-state index in [-0.39, 0.29) is 0 Å². The highest BCUT2D eigenvalue weighted by molar-refractivity contribution is 9.11. The van der Waals surface area contributed by atoms with Crippen LogP contribution in [0.15, 0.2) is 46.4 Å². The molecule has 0 aliphatic heterocycles. The minimum atomic E-state index is -0.564. The zero-order valence-electron chi connectivity index (χ0n) is 8.85. The van der Waals surface area contributed by atoms with Crippen LogP contribution in [0.25, 0.3) is 10.9 Å². The van der Waals surface area contributed by atoms with Crippen LogP contribution in [0.1, 0.15) is 16.5 Å². The number of aromatic amines is 1. The highest BCUT2D eigenvalue weighted by atomic mass is 79.9. The van der Waals surface area contributed by atoms with Gasteiger partial charge in [0.05, 0.1) is 3.79 Å². The maximum Gasteiger partial charge on any atom is 0.114 e. The fourth-order valence-electron chi connectivity index (χ4n) is 1.98. The molecule has 0 bridgehead atoms. The molecule has 0 saturated heterocycles. The van der Waals surface area contributed by atoms with E-state index in [1.54, 1.807) is 11.3 Å². The van der Waals surface area contributed by atoms with Gasteiger partial charge in [-0.1, -0.05) is 12.1 Å². The van der Waals surface area contributed by atoms with Crippen LogP contribution in [0.3, 0.4) is 0 Å². The Morgan fingerprint density at radius 2 is 2.06 bits per heavy atom. The zero-order chi connectivity index (χ0) is 11.8. The van der Waals surface area contributed by atoms with Gasteiger partial charge in [-0.3, -0.25) is 0 Å². The van der Waals surface area contributed by atoms with Crippen molar-refractivity contribution in [1.29, 1.82) is 0 Å². The summed E-state index contributed by atoms with van der Waals surface area (Å²) in [5.41, 5.74) is 2.00. The Morgan fingerprint density at radius 1 is 1.18 bits per heavy atom. The molecule has 2 heterocycles. The molecule has 2 N–H and O–H groups in total. The molecule has 1 aromatic carbocycles. The monoisotopic (exact) mass is 307 g/mol. The zero-order valence-corrected chi connectivity index (χ0v) is 11.3. The number of nitrogens with one attached hydrogen (secondary N) is 1. The molecule has 3 rings (SSSR count). The first-order valence-electron chi connectivity index (χ1n) is 5.25. The second-order valence-corrected chi connectivity index (χ2v) is 6.33. The van der Waals surface area contributed by atoms with E-state index in [0.29, 0.717) is 0 Å². The van der Waals surface area contributed by atoms with Crippen molar-refractivity contribution in [2.24, 2.45) is 0 Å². The number of aromatic nitrogens is 1. The first-order chi connectivity index (χ1) is 8.25. The highest BCUT2D eigenvalue weighted by Gasteiger charge is 2.15. The number of thiophene rings is 1. The van der Waals surface area contributed by atoms with Crippen molar-refractivity contribution < 1.29 is 5.11 Å². The molecule has 1 unspecified atom stereocenters. The van der Waals surface area contributed by atoms with Crippen molar-refractivity contribution >= 4 is 38.2 Å². The van der Waals surface area contributed by atoms with E-state index in [0.717, 1.165) is 25.1 Å². The topological polar surface area (TPSA) is 36.0 Å². The summed E-state index contributed by atoms with van der Waals surface area (Å²) in [6, 6.07) is 11.8. The van der Waals surface area contributed by atoms with E-state index in [4.69, 9.17) is 0 Å². The first-order valence-corrected chi connectivity index (χ1v) is 6.86. The Labute approximate surface area is 111 Å². The summed E-state index contributed by atoms with van der Waals surface area (Å²) >= 11 is 4.97. The van der Waals surface area contributed by atoms with Crippen molar-refractivity contribution in [2.45, 2.75) is 6.10 Å². The molecular weight excluding hydrogens is 298 g/mol. The molecule has 0 amide bonds. The number of aliphatic hydroxyl groups is 1. The second kappa shape index (κ2) is 4.29. The number of H-pyrrole nitrogens is 1. The molecule has 2 nitrogen and oxygen atoms in total. The minimum Gasteiger partial charge on any atom is -0.383 e. The smallest absolute Gasteiger partial charge is 0.114 e. The summed E-state index contributed by atoms with van der Waals surface area (Å²) in [6.07, 6.45) is 1.33. The number of aliphatic hydroxyl groups excluding tert-OH is 1. The molecule has 17 heavy (non-hydrogen) atoms. The van der Waals surface area contributed by atoms with Gasteiger partial charge in [-0.05, 0) is 45.8 Å². The minimum absolute atomic E-state index is 0.564. The summed E-state index contributed by atoms with van der Waals surface area (Å²) in [5, 5.41) is 11.5. The Morgan fingerprint density at radius 3 is 2.82 bits per heavy atom. The van der Waals surface area contributed by atoms with E-state index in [1.807, 2.05) is 42.6 Å². The van der Waals surface area contributed by atoms with Crippen molar-refractivity contribution in [1.82, 2.24) is 4.98 Å². The number of halogens is 1. The predicted octanol–water partition coefficient (Wildman–Crippen LogP) is 4.07. The Bertz CT molecular complexity index is 658. The number of fused-ring (bicyclic) bond motifs is 1. The Kier molecular flexibility index (Phi) is 2.78. The average Bonchev–Trinajstić information content (AvgIpc) is 2.95. The standard InChI is InChI=1S/C13H10BrNOS/c14-12-5-4-11(17-12)13(16)9-2-1-3-10-8(9)6-7-15-10/h1-7,13,15-16H. The molecule has 2 aromatic heterocycles. The van der Waals surface area contributed by atoms with Gasteiger partial charge in [-0.15, -0.1) is 11.3 Å². The van der Waals surface area contributed by atoms with Gasteiger partial charge in [-0.25, -0.2) is 0 Å². The third-order valence-electron chi connectivity index (χ3n) is 2.79. The third kappa shape index (κ3) is 1.92. The molecule has 0 saturated carbocycles. The van der Waals surface area contributed by atoms with Crippen LogP contribution in [-0.2, 0) is 0 Å². The summed E-state index contributed by atoms with van der Waals surface area (Å²) in [6.45, 7) is 0. The van der Waals surface area contributed by atoms with Gasteiger partial charge in [0.15, 0.2) is 0 Å². The van der Waals surface area contributed by atoms with Gasteiger partial charge in [0.25, 0.3) is 0 Å². The van der Waals surface area contributed by atoms with Gasteiger partial charge >= 0.3 is 0 Å². The van der Waals surface area contributed by atoms with Crippen LogP contribution in [0.2, 0.25) is 0 Å². The molecule has 0 aliphatic carbocycles. The Hall–Kier alpha value is -1.10. The molecular formula is C13H10BrNOS. The maximum atomic E-state index is 10.4.